The van der Waals surface area contributed by atoms with Crippen molar-refractivity contribution in [1.82, 2.24) is 5.32 Å². The number of hydrogen-bond acceptors (Lipinski definition) is 2. The zero-order chi connectivity index (χ0) is 10.2. The van der Waals surface area contributed by atoms with Crippen LogP contribution in [0.1, 0.15) is 27.2 Å². The van der Waals surface area contributed by atoms with Gasteiger partial charge in [0.25, 0.3) is 0 Å². The third kappa shape index (κ3) is 1.66. The first-order chi connectivity index (χ1) is 5.85. The van der Waals surface area contributed by atoms with Crippen molar-refractivity contribution in [2.24, 2.45) is 11.3 Å². The van der Waals surface area contributed by atoms with Gasteiger partial charge in [0.2, 0.25) is 0 Å². The number of nitrogens with one attached hydrogen (secondary N) is 1. The molecule has 1 fully saturated rings. The number of amides is 1. The Morgan fingerprint density at radius 3 is 2.31 bits per heavy atom. The molecule has 0 aromatic heterocycles. The van der Waals surface area contributed by atoms with Gasteiger partial charge in [-0.25, -0.2) is 4.79 Å². The van der Waals surface area contributed by atoms with E-state index in [0.29, 0.717) is 6.42 Å². The fourth-order valence-corrected chi connectivity index (χ4v) is 2.01. The number of rotatable bonds is 2. The molecule has 1 saturated carbocycles. The Labute approximate surface area is 77.3 Å². The molecule has 1 unspecified atom stereocenters. The highest BCUT2D eigenvalue weighted by Gasteiger charge is 2.50. The highest BCUT2D eigenvalue weighted by molar-refractivity contribution is 5.81. The van der Waals surface area contributed by atoms with Crippen LogP contribution in [-0.2, 0) is 4.79 Å². The third-order valence-corrected chi connectivity index (χ3v) is 3.06. The zero-order valence-electron chi connectivity index (χ0n) is 8.13. The molecule has 0 radical (unpaired) electrons. The molecule has 0 heterocycles. The Bertz CT molecular complexity index is 247. The molecule has 1 amide bonds. The molecule has 2 atom stereocenters. The maximum absolute atomic E-state index is 11.1. The quantitative estimate of drug-likeness (QED) is 0.680. The van der Waals surface area contributed by atoms with Crippen molar-refractivity contribution < 1.29 is 14.7 Å². The van der Waals surface area contributed by atoms with Crippen LogP contribution in [0, 0.1) is 11.3 Å². The topological polar surface area (TPSA) is 66.4 Å². The van der Waals surface area contributed by atoms with Crippen molar-refractivity contribution in [3.8, 4) is 0 Å². The number of carboxylic acid groups (broad SMARTS) is 1. The van der Waals surface area contributed by atoms with Gasteiger partial charge in [0.1, 0.15) is 5.78 Å². The van der Waals surface area contributed by atoms with Crippen LogP contribution in [0.25, 0.3) is 0 Å². The molecule has 1 rings (SSSR count). The Hall–Kier alpha value is -1.06. The van der Waals surface area contributed by atoms with Crippen molar-refractivity contribution in [3.05, 3.63) is 0 Å². The van der Waals surface area contributed by atoms with E-state index in [0.717, 1.165) is 0 Å². The number of hydrogen-bond donors (Lipinski definition) is 2. The molecule has 1 aliphatic carbocycles. The van der Waals surface area contributed by atoms with Crippen molar-refractivity contribution in [1.29, 1.82) is 0 Å². The number of ketones is 1. The first-order valence-electron chi connectivity index (χ1n) is 4.35. The first kappa shape index (κ1) is 10.0. The van der Waals surface area contributed by atoms with Crippen LogP contribution >= 0.6 is 0 Å². The summed E-state index contributed by atoms with van der Waals surface area (Å²) in [6.45, 7) is 5.40. The minimum atomic E-state index is -1.01. The second-order valence-corrected chi connectivity index (χ2v) is 4.22. The molecule has 2 N–H and O–H groups in total. The summed E-state index contributed by atoms with van der Waals surface area (Å²) >= 11 is 0. The Kier molecular flexibility index (Phi) is 2.32. The second-order valence-electron chi connectivity index (χ2n) is 4.22. The average Bonchev–Trinajstić information content (AvgIpc) is 1.96. The number of carbonyl (C=O) groups is 2. The molecule has 0 aromatic carbocycles. The van der Waals surface area contributed by atoms with Gasteiger partial charge in [0.15, 0.2) is 0 Å². The minimum Gasteiger partial charge on any atom is -0.465 e. The largest absolute Gasteiger partial charge is 0.465 e. The fraction of sp³-hybridized carbons (Fsp3) is 0.778. The molecule has 0 spiro atoms. The van der Waals surface area contributed by atoms with Crippen LogP contribution in [0.15, 0.2) is 0 Å². The molecule has 13 heavy (non-hydrogen) atoms. The Morgan fingerprint density at radius 1 is 1.46 bits per heavy atom. The van der Waals surface area contributed by atoms with Crippen molar-refractivity contribution in [3.63, 3.8) is 0 Å². The molecule has 0 saturated heterocycles. The van der Waals surface area contributed by atoms with E-state index >= 15 is 0 Å². The molecule has 0 aliphatic heterocycles. The molecule has 74 valence electrons. The minimum absolute atomic E-state index is 0.00403. The van der Waals surface area contributed by atoms with E-state index in [1.807, 2.05) is 13.8 Å². The van der Waals surface area contributed by atoms with E-state index in [1.165, 1.54) is 0 Å². The second kappa shape index (κ2) is 3.01. The maximum atomic E-state index is 11.1. The first-order valence-corrected chi connectivity index (χ1v) is 4.35. The molecular formula is C9H15NO3. The standard InChI is InChI=1S/C9H15NO3/c1-5(11)6-4-7(9(6,2)3)10-8(12)13/h6-7,10H,4H2,1-3H3,(H,12,13)/t6-,7?/m0/s1. The average molecular weight is 185 g/mol. The SMILES string of the molecule is CC(=O)[C@@H]1CC(NC(=O)O)C1(C)C. The summed E-state index contributed by atoms with van der Waals surface area (Å²) in [5, 5.41) is 10.9. The predicted molar refractivity (Wildman–Crippen MR) is 47.5 cm³/mol. The lowest BCUT2D eigenvalue weighted by atomic mass is 9.57. The lowest BCUT2D eigenvalue weighted by Crippen LogP contribution is -2.59. The van der Waals surface area contributed by atoms with Crippen LogP contribution in [-0.4, -0.2) is 23.0 Å². The van der Waals surface area contributed by atoms with Crippen LogP contribution in [0.2, 0.25) is 0 Å². The number of carbonyl (C=O) groups excluding carboxylic acids is 1. The van der Waals surface area contributed by atoms with Crippen molar-refractivity contribution in [2.45, 2.75) is 33.2 Å². The lowest BCUT2D eigenvalue weighted by molar-refractivity contribution is -0.132. The van der Waals surface area contributed by atoms with E-state index < -0.39 is 6.09 Å². The van der Waals surface area contributed by atoms with E-state index in [2.05, 4.69) is 5.32 Å². The maximum Gasteiger partial charge on any atom is 0.404 e. The van der Waals surface area contributed by atoms with Gasteiger partial charge in [-0.1, -0.05) is 13.8 Å². The Balaban J connectivity index is 2.59. The van der Waals surface area contributed by atoms with Crippen molar-refractivity contribution >= 4 is 11.9 Å². The van der Waals surface area contributed by atoms with Crippen LogP contribution in [0.4, 0.5) is 4.79 Å². The monoisotopic (exact) mass is 185 g/mol. The van der Waals surface area contributed by atoms with Gasteiger partial charge in [-0.15, -0.1) is 0 Å². The molecule has 0 bridgehead atoms. The van der Waals surface area contributed by atoms with Crippen LogP contribution in [0.3, 0.4) is 0 Å². The molecule has 1 aliphatic rings. The summed E-state index contributed by atoms with van der Waals surface area (Å²) < 4.78 is 0. The lowest BCUT2D eigenvalue weighted by Gasteiger charge is -2.50. The normalized spacial score (nSPS) is 30.4. The van der Waals surface area contributed by atoms with E-state index in [4.69, 9.17) is 5.11 Å². The van der Waals surface area contributed by atoms with E-state index in [9.17, 15) is 9.59 Å². The zero-order valence-corrected chi connectivity index (χ0v) is 8.13. The van der Waals surface area contributed by atoms with Gasteiger partial charge in [-0.2, -0.15) is 0 Å². The van der Waals surface area contributed by atoms with Gasteiger partial charge in [0.05, 0.1) is 0 Å². The summed E-state index contributed by atoms with van der Waals surface area (Å²) in [5.41, 5.74) is -0.232. The number of Topliss-reactive ketones (excluding diaryl/α,β-unsaturated/α-hetero) is 1. The summed E-state index contributed by atoms with van der Waals surface area (Å²) in [7, 11) is 0. The highest BCUT2D eigenvalue weighted by atomic mass is 16.4. The predicted octanol–water partition coefficient (Wildman–Crippen LogP) is 1.26. The molecule has 4 nitrogen and oxygen atoms in total. The summed E-state index contributed by atoms with van der Waals surface area (Å²) in [5.74, 6) is 0.151. The fourth-order valence-electron chi connectivity index (χ4n) is 2.01. The van der Waals surface area contributed by atoms with Gasteiger partial charge < -0.3 is 10.4 Å². The van der Waals surface area contributed by atoms with Gasteiger partial charge >= 0.3 is 6.09 Å². The van der Waals surface area contributed by atoms with Crippen LogP contribution < -0.4 is 5.32 Å². The molecular weight excluding hydrogens is 170 g/mol. The van der Waals surface area contributed by atoms with Gasteiger partial charge in [-0.05, 0) is 18.8 Å². The van der Waals surface area contributed by atoms with Crippen LogP contribution in [0.5, 0.6) is 0 Å². The molecule has 4 heteroatoms. The Morgan fingerprint density at radius 2 is 2.00 bits per heavy atom. The van der Waals surface area contributed by atoms with Crippen molar-refractivity contribution in [2.75, 3.05) is 0 Å². The summed E-state index contributed by atoms with van der Waals surface area (Å²) in [4.78, 5) is 21.5. The third-order valence-electron chi connectivity index (χ3n) is 3.06. The smallest absolute Gasteiger partial charge is 0.404 e. The molecule has 0 aromatic rings. The van der Waals surface area contributed by atoms with Gasteiger partial charge in [0, 0.05) is 12.0 Å². The summed E-state index contributed by atoms with van der Waals surface area (Å²) in [6, 6.07) is -0.0844. The van der Waals surface area contributed by atoms with Gasteiger partial charge in [-0.3, -0.25) is 4.79 Å². The van der Waals surface area contributed by atoms with E-state index in [1.54, 1.807) is 6.92 Å². The van der Waals surface area contributed by atoms with E-state index in [-0.39, 0.29) is 23.2 Å². The summed E-state index contributed by atoms with van der Waals surface area (Å²) in [6.07, 6.45) is -0.380. The highest BCUT2D eigenvalue weighted by Crippen LogP contribution is 2.46.